The molecule has 7 heteroatoms. The van der Waals surface area contributed by atoms with Gasteiger partial charge in [0.1, 0.15) is 11.5 Å². The van der Waals surface area contributed by atoms with Gasteiger partial charge in [-0.15, -0.1) is 0 Å². The van der Waals surface area contributed by atoms with Crippen molar-refractivity contribution in [3.05, 3.63) is 64.2 Å². The Morgan fingerprint density at radius 3 is 2.81 bits per heavy atom. The Kier molecular flexibility index (Phi) is 4.78. The quantitative estimate of drug-likeness (QED) is 0.629. The van der Waals surface area contributed by atoms with Crippen molar-refractivity contribution >= 4 is 11.4 Å². The molecule has 1 aromatic heterocycles. The lowest BCUT2D eigenvalue weighted by Crippen LogP contribution is -2.27. The van der Waals surface area contributed by atoms with E-state index in [1.807, 2.05) is 6.07 Å². The van der Waals surface area contributed by atoms with Gasteiger partial charge in [-0.05, 0) is 24.3 Å². The van der Waals surface area contributed by atoms with E-state index < -0.39 is 16.8 Å². The third kappa shape index (κ3) is 3.96. The summed E-state index contributed by atoms with van der Waals surface area (Å²) in [5.41, 5.74) is 0.541. The van der Waals surface area contributed by atoms with E-state index in [9.17, 15) is 19.6 Å². The Morgan fingerprint density at radius 1 is 1.38 bits per heavy atom. The van der Waals surface area contributed by atoms with Crippen molar-refractivity contribution in [1.82, 2.24) is 4.98 Å². The third-order valence-electron chi connectivity index (χ3n) is 2.92. The summed E-state index contributed by atoms with van der Waals surface area (Å²) in [5.74, 6) is -0.683. The van der Waals surface area contributed by atoms with Gasteiger partial charge >= 0.3 is 0 Å². The van der Waals surface area contributed by atoms with Crippen molar-refractivity contribution in [1.29, 1.82) is 0 Å². The number of rotatable bonds is 6. The summed E-state index contributed by atoms with van der Waals surface area (Å²) >= 11 is 0. The number of nitrogens with one attached hydrogen (secondary N) is 1. The average molecular weight is 291 g/mol. The van der Waals surface area contributed by atoms with E-state index in [0.717, 1.165) is 17.8 Å². The van der Waals surface area contributed by atoms with E-state index in [0.29, 0.717) is 6.42 Å². The van der Waals surface area contributed by atoms with E-state index in [1.165, 1.54) is 6.07 Å². The Bertz CT molecular complexity index is 622. The van der Waals surface area contributed by atoms with Crippen LogP contribution in [0, 0.1) is 15.9 Å². The minimum Gasteiger partial charge on any atom is -0.394 e. The number of pyridine rings is 1. The fourth-order valence-corrected chi connectivity index (χ4v) is 1.93. The second-order valence-electron chi connectivity index (χ2n) is 4.47. The molecule has 2 rings (SSSR count). The van der Waals surface area contributed by atoms with Crippen LogP contribution in [0.15, 0.2) is 42.6 Å². The Morgan fingerprint density at radius 2 is 2.19 bits per heavy atom. The molecular formula is C14H14FN3O3. The number of hydrogen-bond acceptors (Lipinski definition) is 5. The van der Waals surface area contributed by atoms with Gasteiger partial charge in [-0.3, -0.25) is 15.1 Å². The molecule has 21 heavy (non-hydrogen) atoms. The SMILES string of the molecule is O=[N+]([O-])c1cc(F)ccc1NC(CO)Cc1ccccn1. The molecule has 1 heterocycles. The lowest BCUT2D eigenvalue weighted by molar-refractivity contribution is -0.384. The fraction of sp³-hybridized carbons (Fsp3) is 0.214. The molecule has 2 N–H and O–H groups in total. The molecule has 2 aromatic rings. The molecule has 0 spiro atoms. The van der Waals surface area contributed by atoms with Crippen LogP contribution >= 0.6 is 0 Å². The largest absolute Gasteiger partial charge is 0.394 e. The maximum Gasteiger partial charge on any atom is 0.295 e. The highest BCUT2D eigenvalue weighted by atomic mass is 19.1. The number of benzene rings is 1. The predicted molar refractivity (Wildman–Crippen MR) is 75.5 cm³/mol. The zero-order chi connectivity index (χ0) is 15.2. The number of nitro groups is 1. The van der Waals surface area contributed by atoms with E-state index in [4.69, 9.17) is 0 Å². The highest BCUT2D eigenvalue weighted by Crippen LogP contribution is 2.26. The topological polar surface area (TPSA) is 88.3 Å². The van der Waals surface area contributed by atoms with Crippen molar-refractivity contribution in [2.45, 2.75) is 12.5 Å². The van der Waals surface area contributed by atoms with E-state index in [2.05, 4.69) is 10.3 Å². The van der Waals surface area contributed by atoms with Crippen molar-refractivity contribution in [2.24, 2.45) is 0 Å². The maximum atomic E-state index is 13.1. The Balaban J connectivity index is 2.17. The second-order valence-corrected chi connectivity index (χ2v) is 4.47. The summed E-state index contributed by atoms with van der Waals surface area (Å²) in [6.45, 7) is -0.231. The van der Waals surface area contributed by atoms with Crippen LogP contribution in [0.1, 0.15) is 5.69 Å². The van der Waals surface area contributed by atoms with Crippen LogP contribution in [0.25, 0.3) is 0 Å². The van der Waals surface area contributed by atoms with Gasteiger partial charge in [-0.2, -0.15) is 0 Å². The molecule has 0 saturated carbocycles. The molecule has 0 aliphatic carbocycles. The molecule has 0 amide bonds. The number of nitrogens with zero attached hydrogens (tertiary/aromatic N) is 2. The van der Waals surface area contributed by atoms with Gasteiger partial charge in [-0.25, -0.2) is 4.39 Å². The van der Waals surface area contributed by atoms with Gasteiger partial charge < -0.3 is 10.4 Å². The van der Waals surface area contributed by atoms with Crippen LogP contribution in [0.5, 0.6) is 0 Å². The smallest absolute Gasteiger partial charge is 0.295 e. The van der Waals surface area contributed by atoms with Gasteiger partial charge in [0.2, 0.25) is 0 Å². The maximum absolute atomic E-state index is 13.1. The summed E-state index contributed by atoms with van der Waals surface area (Å²) in [7, 11) is 0. The highest BCUT2D eigenvalue weighted by molar-refractivity contribution is 5.61. The van der Waals surface area contributed by atoms with Gasteiger partial charge in [0.15, 0.2) is 0 Å². The lowest BCUT2D eigenvalue weighted by Gasteiger charge is -2.17. The lowest BCUT2D eigenvalue weighted by atomic mass is 10.1. The summed E-state index contributed by atoms with van der Waals surface area (Å²) in [4.78, 5) is 14.4. The molecule has 0 aliphatic heterocycles. The summed E-state index contributed by atoms with van der Waals surface area (Å²) in [6, 6.07) is 8.19. The predicted octanol–water partition coefficient (Wildman–Crippen LogP) is 2.14. The van der Waals surface area contributed by atoms with Crippen LogP contribution < -0.4 is 5.32 Å². The Hall–Kier alpha value is -2.54. The van der Waals surface area contributed by atoms with Crippen LogP contribution in [0.4, 0.5) is 15.8 Å². The first kappa shape index (κ1) is 14.9. The number of aromatic nitrogens is 1. The molecule has 0 bridgehead atoms. The molecule has 0 aliphatic rings. The summed E-state index contributed by atoms with van der Waals surface area (Å²) in [5, 5.41) is 23.2. The van der Waals surface area contributed by atoms with Crippen molar-refractivity contribution in [2.75, 3.05) is 11.9 Å². The molecular weight excluding hydrogens is 277 g/mol. The normalized spacial score (nSPS) is 11.9. The van der Waals surface area contributed by atoms with Crippen LogP contribution in [-0.4, -0.2) is 27.7 Å². The molecule has 110 valence electrons. The number of nitro benzene ring substituents is 1. The zero-order valence-electron chi connectivity index (χ0n) is 11.1. The first-order valence-electron chi connectivity index (χ1n) is 6.31. The number of halogens is 1. The first-order valence-corrected chi connectivity index (χ1v) is 6.31. The number of aliphatic hydroxyl groups excluding tert-OH is 1. The van der Waals surface area contributed by atoms with Crippen molar-refractivity contribution in [3.8, 4) is 0 Å². The monoisotopic (exact) mass is 291 g/mol. The van der Waals surface area contributed by atoms with Crippen molar-refractivity contribution in [3.63, 3.8) is 0 Å². The molecule has 0 radical (unpaired) electrons. The van der Waals surface area contributed by atoms with Crippen LogP contribution in [0.2, 0.25) is 0 Å². The minimum atomic E-state index is -0.683. The third-order valence-corrected chi connectivity index (χ3v) is 2.92. The number of anilines is 1. The summed E-state index contributed by atoms with van der Waals surface area (Å²) < 4.78 is 13.1. The van der Waals surface area contributed by atoms with Crippen LogP contribution in [-0.2, 0) is 6.42 Å². The average Bonchev–Trinajstić information content (AvgIpc) is 2.49. The molecule has 0 saturated heterocycles. The summed E-state index contributed by atoms with van der Waals surface area (Å²) in [6.07, 6.45) is 2.02. The Labute approximate surface area is 120 Å². The standard InChI is InChI=1S/C14H14FN3O3/c15-10-4-5-13(14(7-10)18(20)21)17-12(9-19)8-11-3-1-2-6-16-11/h1-7,12,17,19H,8-9H2. The highest BCUT2D eigenvalue weighted by Gasteiger charge is 2.18. The van der Waals surface area contributed by atoms with E-state index >= 15 is 0 Å². The molecule has 1 unspecified atom stereocenters. The molecule has 1 aromatic carbocycles. The van der Waals surface area contributed by atoms with E-state index in [1.54, 1.807) is 18.3 Å². The number of hydrogen-bond donors (Lipinski definition) is 2. The van der Waals surface area contributed by atoms with Gasteiger partial charge in [-0.1, -0.05) is 6.07 Å². The minimum absolute atomic E-state index is 0.163. The molecule has 1 atom stereocenters. The van der Waals surface area contributed by atoms with Gasteiger partial charge in [0, 0.05) is 18.3 Å². The van der Waals surface area contributed by atoms with Gasteiger partial charge in [0.05, 0.1) is 23.6 Å². The van der Waals surface area contributed by atoms with Crippen molar-refractivity contribution < 1.29 is 14.4 Å². The second kappa shape index (κ2) is 6.76. The van der Waals surface area contributed by atoms with E-state index in [-0.39, 0.29) is 18.0 Å². The zero-order valence-corrected chi connectivity index (χ0v) is 11.1. The number of aliphatic hydroxyl groups is 1. The fourth-order valence-electron chi connectivity index (χ4n) is 1.93. The first-order chi connectivity index (χ1) is 10.1. The molecule has 0 fully saturated rings. The van der Waals surface area contributed by atoms with Gasteiger partial charge in [0.25, 0.3) is 5.69 Å². The van der Waals surface area contributed by atoms with Crippen LogP contribution in [0.3, 0.4) is 0 Å². The molecule has 6 nitrogen and oxygen atoms in total.